The van der Waals surface area contributed by atoms with Gasteiger partial charge in [0.2, 0.25) is 0 Å². The third-order valence-corrected chi connectivity index (χ3v) is 4.38. The summed E-state index contributed by atoms with van der Waals surface area (Å²) in [5.74, 6) is -0.526. The number of esters is 1. The second-order valence-corrected chi connectivity index (χ2v) is 5.73. The van der Waals surface area contributed by atoms with Crippen molar-refractivity contribution in [2.24, 2.45) is 4.99 Å². The number of benzene rings is 1. The summed E-state index contributed by atoms with van der Waals surface area (Å²) in [5.41, 5.74) is 1.89. The third-order valence-electron chi connectivity index (χ3n) is 3.37. The Hall–Kier alpha value is -2.21. The first-order chi connectivity index (χ1) is 10.2. The summed E-state index contributed by atoms with van der Waals surface area (Å²) in [6.45, 7) is 0.609. The minimum Gasteiger partial charge on any atom is -0.466 e. The van der Waals surface area contributed by atoms with Gasteiger partial charge in [-0.3, -0.25) is 9.36 Å². The van der Waals surface area contributed by atoms with E-state index in [9.17, 15) is 9.59 Å². The number of fused-ring (bicyclic) bond motifs is 2. The maximum absolute atomic E-state index is 12.3. The number of aryl methyl sites for hydroxylation is 1. The van der Waals surface area contributed by atoms with Crippen LogP contribution in [-0.2, 0) is 22.5 Å². The zero-order valence-corrected chi connectivity index (χ0v) is 12.4. The molecule has 1 aromatic heterocycles. The number of thiazole rings is 1. The molecular weight excluding hydrogens is 288 g/mol. The molecule has 1 aliphatic heterocycles. The number of hydrogen-bond acceptors (Lipinski definition) is 5. The Morgan fingerprint density at radius 2 is 2.24 bits per heavy atom. The molecule has 6 heteroatoms. The first kappa shape index (κ1) is 13.8. The Labute approximate surface area is 124 Å². The van der Waals surface area contributed by atoms with Gasteiger partial charge in [0.15, 0.2) is 4.80 Å². The van der Waals surface area contributed by atoms with E-state index in [1.807, 2.05) is 18.2 Å². The van der Waals surface area contributed by atoms with E-state index < -0.39 is 5.97 Å². The number of carbonyl (C=O) groups is 1. The number of ether oxygens (including phenoxy) is 1. The predicted octanol–water partition coefficient (Wildman–Crippen LogP) is 0.761. The van der Waals surface area contributed by atoms with Crippen LogP contribution in [0, 0.1) is 0 Å². The zero-order chi connectivity index (χ0) is 14.8. The summed E-state index contributed by atoms with van der Waals surface area (Å²) >= 11 is 1.22. The van der Waals surface area contributed by atoms with E-state index in [4.69, 9.17) is 0 Å². The van der Waals surface area contributed by atoms with E-state index in [0.717, 1.165) is 18.5 Å². The van der Waals surface area contributed by atoms with Crippen LogP contribution in [0.4, 0.5) is 5.69 Å². The lowest BCUT2D eigenvalue weighted by molar-refractivity contribution is -0.133. The van der Waals surface area contributed by atoms with Gasteiger partial charge >= 0.3 is 5.97 Å². The second-order valence-electron chi connectivity index (χ2n) is 4.72. The minimum absolute atomic E-state index is 0.177. The Balaban J connectivity index is 2.24. The molecule has 0 spiro atoms. The van der Waals surface area contributed by atoms with Gasteiger partial charge in [-0.2, -0.15) is 0 Å². The van der Waals surface area contributed by atoms with Crippen molar-refractivity contribution in [3.8, 4) is 0 Å². The maximum Gasteiger partial charge on any atom is 0.332 e. The van der Waals surface area contributed by atoms with Crippen molar-refractivity contribution in [2.45, 2.75) is 19.4 Å². The van der Waals surface area contributed by atoms with Crippen LogP contribution in [0.2, 0.25) is 0 Å². The van der Waals surface area contributed by atoms with Crippen LogP contribution in [0.5, 0.6) is 0 Å². The van der Waals surface area contributed by atoms with Crippen molar-refractivity contribution in [1.82, 2.24) is 4.57 Å². The van der Waals surface area contributed by atoms with Crippen molar-refractivity contribution in [3.63, 3.8) is 0 Å². The van der Waals surface area contributed by atoms with Crippen LogP contribution in [0.25, 0.3) is 6.08 Å². The van der Waals surface area contributed by atoms with Crippen LogP contribution >= 0.6 is 11.3 Å². The minimum atomic E-state index is -0.526. The number of aromatic nitrogens is 1. The van der Waals surface area contributed by atoms with Crippen LogP contribution in [0.1, 0.15) is 12.0 Å². The fourth-order valence-corrected chi connectivity index (χ4v) is 3.29. The second kappa shape index (κ2) is 5.65. The van der Waals surface area contributed by atoms with E-state index in [2.05, 4.69) is 15.8 Å². The lowest BCUT2D eigenvalue weighted by Gasteiger charge is -2.09. The molecule has 0 saturated heterocycles. The normalized spacial score (nSPS) is 14.4. The summed E-state index contributed by atoms with van der Waals surface area (Å²) < 4.78 is 6.58. The van der Waals surface area contributed by atoms with E-state index in [0.29, 0.717) is 15.9 Å². The van der Waals surface area contributed by atoms with E-state index in [1.165, 1.54) is 30.1 Å². The molecule has 0 fully saturated rings. The summed E-state index contributed by atoms with van der Waals surface area (Å²) in [4.78, 5) is 28.9. The first-order valence-corrected chi connectivity index (χ1v) is 7.46. The molecule has 2 aromatic rings. The molecule has 21 heavy (non-hydrogen) atoms. The van der Waals surface area contributed by atoms with Crippen LogP contribution < -0.4 is 14.9 Å². The fourth-order valence-electron chi connectivity index (χ4n) is 2.32. The highest BCUT2D eigenvalue weighted by Gasteiger charge is 2.11. The van der Waals surface area contributed by atoms with Gasteiger partial charge in [0.1, 0.15) is 4.53 Å². The quantitative estimate of drug-likeness (QED) is 0.731. The number of carbonyl (C=O) groups excluding carboxylic acids is 1. The van der Waals surface area contributed by atoms with Gasteiger partial charge in [0, 0.05) is 12.6 Å². The molecule has 5 nitrogen and oxygen atoms in total. The molecule has 0 unspecified atom stereocenters. The lowest BCUT2D eigenvalue weighted by Crippen LogP contribution is -2.32. The highest BCUT2D eigenvalue weighted by atomic mass is 32.1. The first-order valence-electron chi connectivity index (χ1n) is 6.65. The largest absolute Gasteiger partial charge is 0.466 e. The van der Waals surface area contributed by atoms with Gasteiger partial charge < -0.3 is 4.74 Å². The molecule has 1 aromatic carbocycles. The van der Waals surface area contributed by atoms with E-state index in [1.54, 1.807) is 4.57 Å². The van der Waals surface area contributed by atoms with Crippen LogP contribution in [0.15, 0.2) is 34.1 Å². The van der Waals surface area contributed by atoms with Crippen molar-refractivity contribution in [3.05, 3.63) is 49.5 Å². The summed E-state index contributed by atoms with van der Waals surface area (Å²) in [7, 11) is 1.29. The van der Waals surface area contributed by atoms with Gasteiger partial charge in [0.05, 0.1) is 12.8 Å². The van der Waals surface area contributed by atoms with Gasteiger partial charge in [-0.25, -0.2) is 9.79 Å². The van der Waals surface area contributed by atoms with Gasteiger partial charge in [-0.1, -0.05) is 29.5 Å². The van der Waals surface area contributed by atoms with Crippen LogP contribution in [0.3, 0.4) is 0 Å². The average molecular weight is 302 g/mol. The smallest absolute Gasteiger partial charge is 0.332 e. The van der Waals surface area contributed by atoms with Gasteiger partial charge in [-0.15, -0.1) is 0 Å². The van der Waals surface area contributed by atoms with Crippen molar-refractivity contribution in [2.75, 3.05) is 7.11 Å². The molecule has 3 rings (SSSR count). The van der Waals surface area contributed by atoms with E-state index in [-0.39, 0.29) is 5.56 Å². The number of hydrogen-bond donors (Lipinski definition) is 0. The summed E-state index contributed by atoms with van der Waals surface area (Å²) in [6, 6.07) is 7.93. The molecule has 108 valence electrons. The molecule has 1 aliphatic rings. The Morgan fingerprint density at radius 1 is 1.43 bits per heavy atom. The SMILES string of the molecule is COC(=O)C=c1sc2n(c1=O)CCCc1ccccc1N=2. The average Bonchev–Trinajstić information content (AvgIpc) is 2.74. The van der Waals surface area contributed by atoms with Gasteiger partial charge in [0.25, 0.3) is 5.56 Å². The van der Waals surface area contributed by atoms with E-state index >= 15 is 0 Å². The fraction of sp³-hybridized carbons (Fsp3) is 0.267. The highest BCUT2D eigenvalue weighted by Crippen LogP contribution is 2.20. The summed E-state index contributed by atoms with van der Waals surface area (Å²) in [6.07, 6.45) is 2.98. The molecular formula is C15H14N2O3S. The topological polar surface area (TPSA) is 60.7 Å². The maximum atomic E-state index is 12.3. The highest BCUT2D eigenvalue weighted by molar-refractivity contribution is 7.07. The van der Waals surface area contributed by atoms with Crippen LogP contribution in [-0.4, -0.2) is 17.6 Å². The molecule has 2 heterocycles. The number of rotatable bonds is 1. The molecule has 0 N–H and O–H groups in total. The molecule has 0 amide bonds. The number of nitrogens with zero attached hydrogens (tertiary/aromatic N) is 2. The number of para-hydroxylation sites is 1. The third kappa shape index (κ3) is 2.67. The predicted molar refractivity (Wildman–Crippen MR) is 80.3 cm³/mol. The van der Waals surface area contributed by atoms with Gasteiger partial charge in [-0.05, 0) is 24.5 Å². The lowest BCUT2D eigenvalue weighted by atomic mass is 10.1. The Bertz CT molecular complexity index is 864. The van der Waals surface area contributed by atoms with Crippen molar-refractivity contribution < 1.29 is 9.53 Å². The number of methoxy groups -OCH3 is 1. The Morgan fingerprint density at radius 3 is 3.05 bits per heavy atom. The molecule has 0 bridgehead atoms. The van der Waals surface area contributed by atoms with Crippen molar-refractivity contribution in [1.29, 1.82) is 0 Å². The molecule has 0 radical (unpaired) electrons. The Kier molecular flexibility index (Phi) is 3.70. The monoisotopic (exact) mass is 302 g/mol. The molecule has 0 aliphatic carbocycles. The van der Waals surface area contributed by atoms with Crippen molar-refractivity contribution >= 4 is 29.1 Å². The zero-order valence-electron chi connectivity index (χ0n) is 11.5. The molecule has 0 atom stereocenters. The molecule has 0 saturated carbocycles. The summed E-state index contributed by atoms with van der Waals surface area (Å²) in [5, 5.41) is 0. The standard InChI is InChI=1S/C15H14N2O3S/c1-20-13(18)9-12-14(19)17-8-4-6-10-5-2-3-7-11(10)16-15(17)21-12/h2-3,5,7,9H,4,6,8H2,1H3.